The highest BCUT2D eigenvalue weighted by molar-refractivity contribution is 7.72. The minimum Gasteiger partial charge on any atom is -0.451 e. The van der Waals surface area contributed by atoms with Crippen LogP contribution in [0.15, 0.2) is 38.1 Å². The number of nitrogens with zero attached hydrogens (tertiary/aromatic N) is 3. The number of thiol groups is 1. The van der Waals surface area contributed by atoms with E-state index in [1.165, 1.54) is 12.1 Å². The number of hydrogen-bond donors (Lipinski definition) is 1. The van der Waals surface area contributed by atoms with E-state index in [-0.39, 0.29) is 22.8 Å². The average Bonchev–Trinajstić information content (AvgIpc) is 3.33. The predicted octanol–water partition coefficient (Wildman–Crippen LogP) is 3.57. The number of ether oxygens (including phenoxy) is 1. The highest BCUT2D eigenvalue weighted by Crippen LogP contribution is 2.31. The van der Waals surface area contributed by atoms with Gasteiger partial charge in [0.15, 0.2) is 22.3 Å². The van der Waals surface area contributed by atoms with Crippen LogP contribution in [0.25, 0.3) is 22.6 Å². The fourth-order valence-corrected chi connectivity index (χ4v) is 3.84. The Morgan fingerprint density at radius 3 is 2.60 bits per heavy atom. The highest BCUT2D eigenvalue weighted by atomic mass is 32.2. The number of aromatic nitrogens is 2. The van der Waals surface area contributed by atoms with Crippen molar-refractivity contribution in [1.82, 2.24) is 15.0 Å². The maximum Gasteiger partial charge on any atom is 0.410 e. The van der Waals surface area contributed by atoms with Gasteiger partial charge in [-0.25, -0.2) is 13.2 Å². The van der Waals surface area contributed by atoms with Crippen LogP contribution >= 0.6 is 0 Å². The number of benzene rings is 1. The monoisotopic (exact) mass is 433 g/mol. The van der Waals surface area contributed by atoms with Gasteiger partial charge in [-0.15, -0.1) is 0 Å². The third kappa shape index (κ3) is 4.33. The molecule has 3 aromatic rings. The van der Waals surface area contributed by atoms with E-state index in [1.807, 2.05) is 20.8 Å². The fourth-order valence-electron chi connectivity index (χ4n) is 3.40. The summed E-state index contributed by atoms with van der Waals surface area (Å²) in [6.07, 6.45) is 1.10. The van der Waals surface area contributed by atoms with Gasteiger partial charge in [0.25, 0.3) is 5.89 Å². The molecule has 1 aliphatic rings. The van der Waals surface area contributed by atoms with E-state index < -0.39 is 16.3 Å². The van der Waals surface area contributed by atoms with Gasteiger partial charge in [-0.3, -0.25) is 0 Å². The maximum absolute atomic E-state index is 12.2. The van der Waals surface area contributed by atoms with Crippen molar-refractivity contribution in [3.05, 3.63) is 30.1 Å². The molecule has 1 fully saturated rings. The Balaban J connectivity index is 1.45. The molecule has 4 rings (SSSR count). The molecule has 160 valence electrons. The summed E-state index contributed by atoms with van der Waals surface area (Å²) in [5.74, 6) is 1.26. The van der Waals surface area contributed by atoms with Crippen molar-refractivity contribution in [3.63, 3.8) is 0 Å². The Morgan fingerprint density at radius 2 is 1.93 bits per heavy atom. The summed E-state index contributed by atoms with van der Waals surface area (Å²) < 4.78 is 38.8. The third-order valence-corrected chi connectivity index (χ3v) is 5.57. The van der Waals surface area contributed by atoms with Crippen molar-refractivity contribution in [1.29, 1.82) is 0 Å². The lowest BCUT2D eigenvalue weighted by Gasteiger charge is -2.32. The molecule has 3 heterocycles. The zero-order valence-corrected chi connectivity index (χ0v) is 17.8. The van der Waals surface area contributed by atoms with E-state index in [0.717, 1.165) is 0 Å². The molecule has 2 aromatic heterocycles. The number of furan rings is 1. The van der Waals surface area contributed by atoms with Crippen LogP contribution in [0.2, 0.25) is 0 Å². The molecule has 0 N–H and O–H groups in total. The van der Waals surface area contributed by atoms with Crippen LogP contribution in [0.1, 0.15) is 45.4 Å². The smallest absolute Gasteiger partial charge is 0.410 e. The molecule has 0 saturated carbocycles. The van der Waals surface area contributed by atoms with Gasteiger partial charge in [0, 0.05) is 24.4 Å². The summed E-state index contributed by atoms with van der Waals surface area (Å²) in [6.45, 7) is 6.66. The lowest BCUT2D eigenvalue weighted by molar-refractivity contribution is 0.0202. The average molecular weight is 433 g/mol. The van der Waals surface area contributed by atoms with Gasteiger partial charge in [0.1, 0.15) is 11.2 Å². The number of likely N-dealkylation sites (tertiary alicyclic amines) is 1. The van der Waals surface area contributed by atoms with E-state index in [1.54, 1.807) is 17.0 Å². The predicted molar refractivity (Wildman–Crippen MR) is 108 cm³/mol. The summed E-state index contributed by atoms with van der Waals surface area (Å²) in [5.41, 5.74) is 0.0173. The van der Waals surface area contributed by atoms with Crippen LogP contribution in [-0.4, -0.2) is 48.2 Å². The second-order valence-electron chi connectivity index (χ2n) is 8.29. The van der Waals surface area contributed by atoms with Crippen LogP contribution in [0.4, 0.5) is 4.79 Å². The van der Waals surface area contributed by atoms with Crippen molar-refractivity contribution in [3.8, 4) is 11.7 Å². The minimum absolute atomic E-state index is 0.0710. The molecular formula is C20H23N3O6S. The van der Waals surface area contributed by atoms with Gasteiger partial charge in [0.2, 0.25) is 0 Å². The van der Waals surface area contributed by atoms with Gasteiger partial charge < -0.3 is 18.6 Å². The van der Waals surface area contributed by atoms with E-state index >= 15 is 0 Å². The first-order chi connectivity index (χ1) is 14.2. The van der Waals surface area contributed by atoms with Gasteiger partial charge in [-0.1, -0.05) is 5.16 Å². The number of amides is 1. The Bertz CT molecular complexity index is 1140. The molecule has 1 saturated heterocycles. The first-order valence-corrected chi connectivity index (χ1v) is 10.9. The molecule has 9 nitrogen and oxygen atoms in total. The first kappa shape index (κ1) is 20.4. The van der Waals surface area contributed by atoms with Crippen LogP contribution in [0.5, 0.6) is 0 Å². The highest BCUT2D eigenvalue weighted by Gasteiger charge is 2.30. The summed E-state index contributed by atoms with van der Waals surface area (Å²) >= 11 is 0. The van der Waals surface area contributed by atoms with Gasteiger partial charge >= 0.3 is 6.09 Å². The molecule has 1 amide bonds. The minimum atomic E-state index is -2.66. The molecule has 1 aromatic carbocycles. The molecule has 0 aliphatic carbocycles. The molecule has 0 radical (unpaired) electrons. The molecule has 0 spiro atoms. The summed E-state index contributed by atoms with van der Waals surface area (Å²) in [6, 6.07) is 6.31. The molecule has 30 heavy (non-hydrogen) atoms. The number of rotatable bonds is 3. The number of piperidine rings is 1. The Labute approximate surface area is 174 Å². The first-order valence-electron chi connectivity index (χ1n) is 9.69. The lowest BCUT2D eigenvalue weighted by atomic mass is 9.96. The number of carbonyl (C=O) groups excluding carboxylic acids is 1. The molecule has 0 bridgehead atoms. The van der Waals surface area contributed by atoms with E-state index in [2.05, 4.69) is 10.1 Å². The van der Waals surface area contributed by atoms with E-state index in [9.17, 15) is 13.2 Å². The van der Waals surface area contributed by atoms with Crippen LogP contribution in [0, 0.1) is 0 Å². The zero-order valence-electron chi connectivity index (χ0n) is 17.0. The van der Waals surface area contributed by atoms with Crippen LogP contribution < -0.4 is 0 Å². The normalized spacial score (nSPS) is 15.8. The Hall–Kier alpha value is -2.88. The lowest BCUT2D eigenvalue weighted by Crippen LogP contribution is -2.41. The molecule has 10 heteroatoms. The SMILES string of the molecule is CC(C)(C)OC(=O)N1CCC(c2noc(-c3cc4cc([SH](=O)=O)ccc4o3)n2)CC1. The van der Waals surface area contributed by atoms with Gasteiger partial charge in [0.05, 0.1) is 4.90 Å². The quantitative estimate of drug-likeness (QED) is 0.623. The summed E-state index contributed by atoms with van der Waals surface area (Å²) in [5, 5.41) is 4.73. The van der Waals surface area contributed by atoms with Gasteiger partial charge in [-0.2, -0.15) is 4.98 Å². The molecule has 1 aliphatic heterocycles. The Morgan fingerprint density at radius 1 is 1.20 bits per heavy atom. The second-order valence-corrected chi connectivity index (χ2v) is 9.32. The standard InChI is InChI=1S/C20H23N3O6S/c1-20(2,3)28-19(24)23-8-6-12(7-9-23)17-21-18(29-22-17)16-11-13-10-14(30(25)26)4-5-15(13)27-16/h4-5,10-12,30H,6-9H2,1-3H3. The number of hydrogen-bond acceptors (Lipinski definition) is 8. The molecule has 0 atom stereocenters. The second kappa shape index (κ2) is 7.75. The zero-order chi connectivity index (χ0) is 21.5. The fraction of sp³-hybridized carbons (Fsp3) is 0.450. The third-order valence-electron chi connectivity index (χ3n) is 4.88. The largest absolute Gasteiger partial charge is 0.451 e. The van der Waals surface area contributed by atoms with Crippen molar-refractivity contribution in [2.45, 2.75) is 50.0 Å². The maximum atomic E-state index is 12.2. The number of fused-ring (bicyclic) bond motifs is 1. The van der Waals surface area contributed by atoms with E-state index in [4.69, 9.17) is 13.7 Å². The van der Waals surface area contributed by atoms with E-state index in [0.29, 0.717) is 48.5 Å². The van der Waals surface area contributed by atoms with Crippen LogP contribution in [0.3, 0.4) is 0 Å². The van der Waals surface area contributed by atoms with Crippen molar-refractivity contribution in [2.24, 2.45) is 0 Å². The molecular weight excluding hydrogens is 410 g/mol. The van der Waals surface area contributed by atoms with Crippen molar-refractivity contribution >= 4 is 27.8 Å². The molecule has 0 unspecified atom stereocenters. The number of carbonyl (C=O) groups is 1. The van der Waals surface area contributed by atoms with Crippen molar-refractivity contribution in [2.75, 3.05) is 13.1 Å². The Kier molecular flexibility index (Phi) is 5.27. The van der Waals surface area contributed by atoms with Crippen molar-refractivity contribution < 1.29 is 26.9 Å². The summed E-state index contributed by atoms with van der Waals surface area (Å²) in [7, 11) is -2.66. The topological polar surface area (TPSA) is 116 Å². The van der Waals surface area contributed by atoms with Gasteiger partial charge in [-0.05, 0) is 57.9 Å². The van der Waals surface area contributed by atoms with Crippen LogP contribution in [-0.2, 0) is 15.4 Å². The summed E-state index contributed by atoms with van der Waals surface area (Å²) in [4.78, 5) is 18.6.